The van der Waals surface area contributed by atoms with Gasteiger partial charge in [0.2, 0.25) is 5.91 Å². The number of carbonyl (C=O) groups is 1. The molecule has 1 fully saturated rings. The van der Waals surface area contributed by atoms with Gasteiger partial charge in [-0.2, -0.15) is 0 Å². The van der Waals surface area contributed by atoms with E-state index in [1.54, 1.807) is 11.9 Å². The summed E-state index contributed by atoms with van der Waals surface area (Å²) in [6.07, 6.45) is 0.732. The van der Waals surface area contributed by atoms with Gasteiger partial charge in [0, 0.05) is 28.9 Å². The van der Waals surface area contributed by atoms with Gasteiger partial charge in [0.15, 0.2) is 0 Å². The molecule has 3 nitrogen and oxygen atoms in total. The fourth-order valence-corrected chi connectivity index (χ4v) is 5.82. The highest BCUT2D eigenvalue weighted by molar-refractivity contribution is 7.87. The summed E-state index contributed by atoms with van der Waals surface area (Å²) in [7, 11) is 0.586. The summed E-state index contributed by atoms with van der Waals surface area (Å²) in [6.45, 7) is 8.01. The fourth-order valence-electron chi connectivity index (χ4n) is 3.36. The smallest absolute Gasteiger partial charge is 0.243 e. The first-order chi connectivity index (χ1) is 9.38. The van der Waals surface area contributed by atoms with E-state index in [1.807, 2.05) is 38.1 Å². The zero-order valence-corrected chi connectivity index (χ0v) is 12.9. The molecule has 1 aromatic carbocycles. The molecule has 0 N–H and O–H groups in total. The summed E-state index contributed by atoms with van der Waals surface area (Å²) in [5.41, 5.74) is 2.48. The molecule has 2 bridgehead atoms. The number of hydrogen-bond acceptors (Lipinski definition) is 2. The van der Waals surface area contributed by atoms with Crippen LogP contribution in [0.5, 0.6) is 0 Å². The third-order valence-corrected chi connectivity index (χ3v) is 7.04. The summed E-state index contributed by atoms with van der Waals surface area (Å²) in [4.78, 5) is 14.5. The maximum Gasteiger partial charge on any atom is 0.243 e. The molecule has 4 heteroatoms. The SMILES string of the molecule is C=C(C)[C@@]1(C)CC2c3ccccc3N(C)C(=O)[C@H]1S2=O. The number of allylic oxidation sites excluding steroid dienone is 1. The van der Waals surface area contributed by atoms with Crippen molar-refractivity contribution in [3.63, 3.8) is 0 Å². The lowest BCUT2D eigenvalue weighted by atomic mass is 9.74. The van der Waals surface area contributed by atoms with E-state index in [0.717, 1.165) is 23.2 Å². The van der Waals surface area contributed by atoms with E-state index in [4.69, 9.17) is 0 Å². The molecular weight excluding hydrogens is 270 g/mol. The van der Waals surface area contributed by atoms with E-state index in [9.17, 15) is 9.00 Å². The van der Waals surface area contributed by atoms with Crippen LogP contribution >= 0.6 is 0 Å². The largest absolute Gasteiger partial charge is 0.314 e. The minimum Gasteiger partial charge on any atom is -0.314 e. The van der Waals surface area contributed by atoms with Crippen LogP contribution in [0.15, 0.2) is 36.4 Å². The Labute approximate surface area is 122 Å². The van der Waals surface area contributed by atoms with Gasteiger partial charge in [-0.3, -0.25) is 9.00 Å². The molecule has 0 aromatic heterocycles. The second kappa shape index (κ2) is 4.29. The maximum atomic E-state index is 12.9. The first-order valence-corrected chi connectivity index (χ1v) is 8.07. The van der Waals surface area contributed by atoms with Crippen molar-refractivity contribution in [1.29, 1.82) is 0 Å². The minimum absolute atomic E-state index is 0.0544. The van der Waals surface area contributed by atoms with E-state index >= 15 is 0 Å². The molecule has 20 heavy (non-hydrogen) atoms. The maximum absolute atomic E-state index is 12.9. The Kier molecular flexibility index (Phi) is 2.91. The van der Waals surface area contributed by atoms with E-state index in [2.05, 4.69) is 6.58 Å². The minimum atomic E-state index is -1.19. The molecule has 0 aliphatic carbocycles. The number of hydrogen-bond donors (Lipinski definition) is 0. The van der Waals surface area contributed by atoms with E-state index in [1.165, 1.54) is 0 Å². The fraction of sp³-hybridized carbons (Fsp3) is 0.438. The van der Waals surface area contributed by atoms with Crippen molar-refractivity contribution in [3.05, 3.63) is 42.0 Å². The van der Waals surface area contributed by atoms with Crippen LogP contribution in [-0.4, -0.2) is 22.4 Å². The van der Waals surface area contributed by atoms with Crippen molar-refractivity contribution in [2.75, 3.05) is 11.9 Å². The Morgan fingerprint density at radius 3 is 2.75 bits per heavy atom. The summed E-state index contributed by atoms with van der Waals surface area (Å²) < 4.78 is 12.9. The summed E-state index contributed by atoms with van der Waals surface area (Å²) in [6, 6.07) is 7.80. The molecule has 0 spiro atoms. The van der Waals surface area contributed by atoms with Crippen LogP contribution in [0.4, 0.5) is 5.69 Å². The topological polar surface area (TPSA) is 37.4 Å². The molecule has 106 valence electrons. The number of rotatable bonds is 1. The second-order valence-corrected chi connectivity index (χ2v) is 7.75. The number of para-hydroxylation sites is 1. The highest BCUT2D eigenvalue weighted by Crippen LogP contribution is 2.55. The van der Waals surface area contributed by atoms with Crippen LogP contribution in [0.25, 0.3) is 0 Å². The van der Waals surface area contributed by atoms with Gasteiger partial charge >= 0.3 is 0 Å². The van der Waals surface area contributed by atoms with Crippen molar-refractivity contribution >= 4 is 22.4 Å². The normalized spacial score (nSPS) is 35.6. The first-order valence-electron chi connectivity index (χ1n) is 6.80. The molecule has 0 saturated carbocycles. The standard InChI is InChI=1S/C16H19NO2S/c1-10(2)16(3)9-13-11-7-5-6-8-12(11)17(4)15(18)14(16)20(13)19/h5-8,13-14H,1,9H2,2-4H3/t13?,14-,16-,20?/m1/s1. The highest BCUT2D eigenvalue weighted by atomic mass is 32.2. The summed E-state index contributed by atoms with van der Waals surface area (Å²) in [5, 5.41) is -0.561. The monoisotopic (exact) mass is 289 g/mol. The van der Waals surface area contributed by atoms with Gasteiger partial charge in [0.1, 0.15) is 5.25 Å². The van der Waals surface area contributed by atoms with Gasteiger partial charge in [-0.05, 0) is 25.0 Å². The lowest BCUT2D eigenvalue weighted by Crippen LogP contribution is -2.45. The van der Waals surface area contributed by atoms with Crippen LogP contribution in [-0.2, 0) is 15.6 Å². The molecular formula is C16H19NO2S. The van der Waals surface area contributed by atoms with E-state index in [0.29, 0.717) is 0 Å². The van der Waals surface area contributed by atoms with Gasteiger partial charge in [0.25, 0.3) is 0 Å². The molecule has 2 unspecified atom stereocenters. The van der Waals surface area contributed by atoms with Crippen molar-refractivity contribution < 1.29 is 9.00 Å². The molecule has 3 rings (SSSR count). The van der Waals surface area contributed by atoms with Crippen LogP contribution in [0.2, 0.25) is 0 Å². The molecule has 2 aliphatic heterocycles. The Hall–Kier alpha value is -1.42. The Morgan fingerprint density at radius 2 is 2.10 bits per heavy atom. The number of carbonyl (C=O) groups excluding carboxylic acids is 1. The molecule has 2 heterocycles. The van der Waals surface area contributed by atoms with Crippen molar-refractivity contribution in [2.24, 2.45) is 5.41 Å². The summed E-state index contributed by atoms with van der Waals surface area (Å²) in [5.74, 6) is -0.0544. The van der Waals surface area contributed by atoms with Gasteiger partial charge in [-0.15, -0.1) is 0 Å². The zero-order chi connectivity index (χ0) is 14.7. The highest BCUT2D eigenvalue weighted by Gasteiger charge is 2.56. The van der Waals surface area contributed by atoms with Crippen LogP contribution in [0, 0.1) is 5.41 Å². The van der Waals surface area contributed by atoms with E-state index < -0.39 is 16.0 Å². The zero-order valence-electron chi connectivity index (χ0n) is 12.1. The molecule has 2 aliphatic rings. The number of amides is 1. The lowest BCUT2D eigenvalue weighted by molar-refractivity contribution is -0.119. The molecule has 0 radical (unpaired) electrons. The third-order valence-electron chi connectivity index (χ3n) is 4.88. The molecule has 1 amide bonds. The summed E-state index contributed by atoms with van der Waals surface area (Å²) >= 11 is 0. The third kappa shape index (κ3) is 1.57. The Bertz CT molecular complexity index is 639. The van der Waals surface area contributed by atoms with Crippen molar-refractivity contribution in [2.45, 2.75) is 30.8 Å². The predicted octanol–water partition coefficient (Wildman–Crippen LogP) is 2.81. The van der Waals surface area contributed by atoms with Crippen molar-refractivity contribution in [3.8, 4) is 0 Å². The number of nitrogens with zero attached hydrogens (tertiary/aromatic N) is 1. The molecule has 4 atom stereocenters. The van der Waals surface area contributed by atoms with Gasteiger partial charge in [-0.25, -0.2) is 0 Å². The second-order valence-electron chi connectivity index (χ2n) is 6.06. The number of anilines is 1. The van der Waals surface area contributed by atoms with Crippen LogP contribution in [0.3, 0.4) is 0 Å². The van der Waals surface area contributed by atoms with Crippen molar-refractivity contribution in [1.82, 2.24) is 0 Å². The van der Waals surface area contributed by atoms with Gasteiger partial charge in [0.05, 0.1) is 5.25 Å². The Morgan fingerprint density at radius 1 is 1.45 bits per heavy atom. The van der Waals surface area contributed by atoms with Gasteiger partial charge < -0.3 is 4.90 Å². The van der Waals surface area contributed by atoms with Crippen LogP contribution in [0.1, 0.15) is 31.1 Å². The molecule has 1 aromatic rings. The first kappa shape index (κ1) is 13.6. The number of fused-ring (bicyclic) bond motifs is 4. The predicted molar refractivity (Wildman–Crippen MR) is 82.1 cm³/mol. The molecule has 1 saturated heterocycles. The lowest BCUT2D eigenvalue weighted by Gasteiger charge is -2.34. The van der Waals surface area contributed by atoms with Crippen LogP contribution < -0.4 is 4.90 Å². The average molecular weight is 289 g/mol. The van der Waals surface area contributed by atoms with E-state index in [-0.39, 0.29) is 16.6 Å². The Balaban J connectivity index is 2.25. The average Bonchev–Trinajstić information content (AvgIpc) is 2.66. The number of benzene rings is 1. The quantitative estimate of drug-likeness (QED) is 0.746. The van der Waals surface area contributed by atoms with Gasteiger partial charge in [-0.1, -0.05) is 37.3 Å².